The number of hydrogen-bond donors (Lipinski definition) is 1. The Labute approximate surface area is 97.8 Å². The summed E-state index contributed by atoms with van der Waals surface area (Å²) in [6.45, 7) is 2.98. The van der Waals surface area contributed by atoms with Crippen LogP contribution in [0.2, 0.25) is 0 Å². The Balaban J connectivity index is 2.08. The quantitative estimate of drug-likeness (QED) is 0.789. The number of rotatable bonds is 4. The van der Waals surface area contributed by atoms with Crippen LogP contribution >= 0.6 is 0 Å². The second-order valence-electron chi connectivity index (χ2n) is 4.56. The maximum Gasteiger partial charge on any atom is 0.119 e. The van der Waals surface area contributed by atoms with Crippen molar-refractivity contribution in [1.29, 1.82) is 0 Å². The number of fused-ring (bicyclic) bond motifs is 1. The minimum atomic E-state index is 0.207. The molecule has 0 unspecified atom stereocenters. The Morgan fingerprint density at radius 3 is 3.12 bits per heavy atom. The molecule has 0 aliphatic heterocycles. The van der Waals surface area contributed by atoms with Gasteiger partial charge in [0.05, 0.1) is 6.61 Å². The number of hydrogen-bond acceptors (Lipinski definition) is 2. The molecule has 0 saturated carbocycles. The van der Waals surface area contributed by atoms with Crippen LogP contribution in [0.4, 0.5) is 0 Å². The van der Waals surface area contributed by atoms with Gasteiger partial charge in [-0.15, -0.1) is 0 Å². The highest BCUT2D eigenvalue weighted by Crippen LogP contribution is 2.30. The summed E-state index contributed by atoms with van der Waals surface area (Å²) in [6, 6.07) is 6.59. The smallest absolute Gasteiger partial charge is 0.119 e. The van der Waals surface area contributed by atoms with Crippen LogP contribution in [0.25, 0.3) is 0 Å². The van der Waals surface area contributed by atoms with Crippen molar-refractivity contribution in [3.63, 3.8) is 0 Å². The monoisotopic (exact) mass is 219 g/mol. The fourth-order valence-corrected chi connectivity index (χ4v) is 2.24. The highest BCUT2D eigenvalue weighted by molar-refractivity contribution is 5.39. The van der Waals surface area contributed by atoms with E-state index in [9.17, 15) is 0 Å². The SMILES string of the molecule is CCCCOc1ccc2c(c1)[C@H](N)CCC2. The third-order valence-electron chi connectivity index (χ3n) is 3.24. The molecule has 0 spiro atoms. The van der Waals surface area contributed by atoms with E-state index < -0.39 is 0 Å². The van der Waals surface area contributed by atoms with E-state index in [2.05, 4.69) is 25.1 Å². The molecule has 88 valence electrons. The lowest BCUT2D eigenvalue weighted by atomic mass is 9.88. The van der Waals surface area contributed by atoms with Crippen LogP contribution in [0, 0.1) is 0 Å². The van der Waals surface area contributed by atoms with Gasteiger partial charge in [-0.3, -0.25) is 0 Å². The molecule has 1 aromatic carbocycles. The van der Waals surface area contributed by atoms with Gasteiger partial charge in [0.2, 0.25) is 0 Å². The van der Waals surface area contributed by atoms with Gasteiger partial charge >= 0.3 is 0 Å². The lowest BCUT2D eigenvalue weighted by Crippen LogP contribution is -2.17. The Morgan fingerprint density at radius 2 is 2.31 bits per heavy atom. The number of aryl methyl sites for hydroxylation is 1. The van der Waals surface area contributed by atoms with Gasteiger partial charge in [0, 0.05) is 6.04 Å². The topological polar surface area (TPSA) is 35.2 Å². The minimum absolute atomic E-state index is 0.207. The summed E-state index contributed by atoms with van der Waals surface area (Å²) in [5.41, 5.74) is 8.81. The Bertz CT molecular complexity index is 349. The average molecular weight is 219 g/mol. The van der Waals surface area contributed by atoms with Crippen LogP contribution in [-0.4, -0.2) is 6.61 Å². The zero-order chi connectivity index (χ0) is 11.4. The fraction of sp³-hybridized carbons (Fsp3) is 0.571. The first kappa shape index (κ1) is 11.5. The predicted molar refractivity (Wildman–Crippen MR) is 66.7 cm³/mol. The predicted octanol–water partition coefficient (Wildman–Crippen LogP) is 3.20. The Hall–Kier alpha value is -1.02. The highest BCUT2D eigenvalue weighted by atomic mass is 16.5. The van der Waals surface area contributed by atoms with Crippen LogP contribution in [0.3, 0.4) is 0 Å². The van der Waals surface area contributed by atoms with Gasteiger partial charge in [0.25, 0.3) is 0 Å². The molecule has 2 nitrogen and oxygen atoms in total. The standard InChI is InChI=1S/C14H21NO/c1-2-3-9-16-12-8-7-11-5-4-6-14(15)13(11)10-12/h7-8,10,14H,2-6,9,15H2,1H3/t14-/m1/s1. The normalized spacial score (nSPS) is 19.2. The first-order chi connectivity index (χ1) is 7.81. The van der Waals surface area contributed by atoms with E-state index >= 15 is 0 Å². The molecule has 1 atom stereocenters. The molecular formula is C14H21NO. The number of nitrogens with two attached hydrogens (primary N) is 1. The molecule has 2 heteroatoms. The van der Waals surface area contributed by atoms with E-state index in [1.807, 2.05) is 0 Å². The molecule has 2 rings (SSSR count). The lowest BCUT2D eigenvalue weighted by Gasteiger charge is -2.22. The number of unbranched alkanes of at least 4 members (excludes halogenated alkanes) is 1. The summed E-state index contributed by atoms with van der Waals surface area (Å²) in [4.78, 5) is 0. The van der Waals surface area contributed by atoms with E-state index in [1.54, 1.807) is 0 Å². The Kier molecular flexibility index (Phi) is 3.83. The first-order valence-corrected chi connectivity index (χ1v) is 6.32. The van der Waals surface area contributed by atoms with Crippen molar-refractivity contribution in [2.75, 3.05) is 6.61 Å². The van der Waals surface area contributed by atoms with Crippen molar-refractivity contribution in [2.45, 2.75) is 45.1 Å². The summed E-state index contributed by atoms with van der Waals surface area (Å²) in [5.74, 6) is 0.976. The molecule has 0 bridgehead atoms. The van der Waals surface area contributed by atoms with Gasteiger partial charge in [-0.1, -0.05) is 19.4 Å². The zero-order valence-corrected chi connectivity index (χ0v) is 10.0. The zero-order valence-electron chi connectivity index (χ0n) is 10.0. The second kappa shape index (κ2) is 5.35. The van der Waals surface area contributed by atoms with Crippen LogP contribution < -0.4 is 10.5 Å². The third kappa shape index (κ3) is 2.56. The summed E-state index contributed by atoms with van der Waals surface area (Å²) in [6.07, 6.45) is 5.77. The molecule has 16 heavy (non-hydrogen) atoms. The van der Waals surface area contributed by atoms with Gasteiger partial charge in [0.1, 0.15) is 5.75 Å². The molecular weight excluding hydrogens is 198 g/mol. The molecule has 0 fully saturated rings. The second-order valence-corrected chi connectivity index (χ2v) is 4.56. The van der Waals surface area contributed by atoms with Crippen LogP contribution in [-0.2, 0) is 6.42 Å². The average Bonchev–Trinajstić information content (AvgIpc) is 2.30. The third-order valence-corrected chi connectivity index (χ3v) is 3.24. The van der Waals surface area contributed by atoms with Gasteiger partial charge < -0.3 is 10.5 Å². The molecule has 2 N–H and O–H groups in total. The summed E-state index contributed by atoms with van der Waals surface area (Å²) < 4.78 is 5.71. The largest absolute Gasteiger partial charge is 0.494 e. The van der Waals surface area contributed by atoms with Crippen molar-refractivity contribution in [3.8, 4) is 5.75 Å². The minimum Gasteiger partial charge on any atom is -0.494 e. The first-order valence-electron chi connectivity index (χ1n) is 6.32. The summed E-state index contributed by atoms with van der Waals surface area (Å²) in [5, 5.41) is 0. The van der Waals surface area contributed by atoms with Crippen LogP contribution in [0.15, 0.2) is 18.2 Å². The van der Waals surface area contributed by atoms with Crippen molar-refractivity contribution in [3.05, 3.63) is 29.3 Å². The van der Waals surface area contributed by atoms with Crippen molar-refractivity contribution < 1.29 is 4.74 Å². The van der Waals surface area contributed by atoms with E-state index in [-0.39, 0.29) is 6.04 Å². The lowest BCUT2D eigenvalue weighted by molar-refractivity contribution is 0.308. The fourth-order valence-electron chi connectivity index (χ4n) is 2.24. The summed E-state index contributed by atoms with van der Waals surface area (Å²) in [7, 11) is 0. The van der Waals surface area contributed by atoms with E-state index in [0.717, 1.165) is 31.6 Å². The van der Waals surface area contributed by atoms with Crippen molar-refractivity contribution in [2.24, 2.45) is 5.73 Å². The van der Waals surface area contributed by atoms with Crippen LogP contribution in [0.5, 0.6) is 5.75 Å². The maximum absolute atomic E-state index is 6.11. The highest BCUT2D eigenvalue weighted by Gasteiger charge is 2.16. The maximum atomic E-state index is 6.11. The van der Waals surface area contributed by atoms with Gasteiger partial charge in [-0.25, -0.2) is 0 Å². The molecule has 0 saturated heterocycles. The molecule has 1 aromatic rings. The number of benzene rings is 1. The molecule has 1 aliphatic carbocycles. The van der Waals surface area contributed by atoms with E-state index in [0.29, 0.717) is 0 Å². The van der Waals surface area contributed by atoms with E-state index in [1.165, 1.54) is 24.0 Å². The summed E-state index contributed by atoms with van der Waals surface area (Å²) >= 11 is 0. The molecule has 0 radical (unpaired) electrons. The van der Waals surface area contributed by atoms with Crippen molar-refractivity contribution >= 4 is 0 Å². The van der Waals surface area contributed by atoms with E-state index in [4.69, 9.17) is 10.5 Å². The number of ether oxygens (including phenoxy) is 1. The van der Waals surface area contributed by atoms with Gasteiger partial charge in [-0.2, -0.15) is 0 Å². The van der Waals surface area contributed by atoms with Gasteiger partial charge in [0.15, 0.2) is 0 Å². The molecule has 0 heterocycles. The van der Waals surface area contributed by atoms with Gasteiger partial charge in [-0.05, 0) is 48.9 Å². The molecule has 0 amide bonds. The molecule has 0 aromatic heterocycles. The molecule has 1 aliphatic rings. The van der Waals surface area contributed by atoms with Crippen molar-refractivity contribution in [1.82, 2.24) is 0 Å². The van der Waals surface area contributed by atoms with Crippen LogP contribution in [0.1, 0.15) is 49.8 Å². The Morgan fingerprint density at radius 1 is 1.44 bits per heavy atom.